The average Bonchev–Trinajstić information content (AvgIpc) is 1.53. The van der Waals surface area contributed by atoms with Crippen molar-refractivity contribution >= 4 is 56.3 Å². The molecule has 0 radical (unpaired) electrons. The molecule has 14 aromatic rings. The molecule has 4 aromatic heterocycles. The number of benzene rings is 10. The molecule has 0 N–H and O–H groups in total. The van der Waals surface area contributed by atoms with Crippen LogP contribution in [0.4, 0.5) is 11.4 Å². The van der Waals surface area contributed by atoms with Crippen molar-refractivity contribution in [2.45, 2.75) is 169 Å². The molecule has 0 fully saturated rings. The maximum Gasteiger partial charge on any atom is 0.252 e. The first kappa shape index (κ1) is 71.0. The third-order valence-corrected chi connectivity index (χ3v) is 23.3. The summed E-state index contributed by atoms with van der Waals surface area (Å²) >= 11 is 0. The highest BCUT2D eigenvalue weighted by Crippen LogP contribution is 2.54. The number of hydrogen-bond acceptors (Lipinski definition) is 10. The van der Waals surface area contributed by atoms with E-state index in [-0.39, 0.29) is 51.2 Å². The average molecular weight is 1450 g/mol. The summed E-state index contributed by atoms with van der Waals surface area (Å²) in [4.78, 5) is 52.4. The normalized spacial score (nSPS) is 15.2. The Bertz CT molecular complexity index is 5940. The molecule has 0 saturated heterocycles. The van der Waals surface area contributed by atoms with Crippen LogP contribution in [0, 0.1) is 0 Å². The molecule has 2 atom stereocenters. The lowest BCUT2D eigenvalue weighted by molar-refractivity contribution is 0.590. The summed E-state index contributed by atoms with van der Waals surface area (Å²) in [5.74, 6) is 5.32. The molecule has 111 heavy (non-hydrogen) atoms. The van der Waals surface area contributed by atoms with Crippen LogP contribution in [0.15, 0.2) is 231 Å². The van der Waals surface area contributed by atoms with Crippen LogP contribution in [0.2, 0.25) is 0 Å². The van der Waals surface area contributed by atoms with E-state index < -0.39 is 0 Å². The van der Waals surface area contributed by atoms with Crippen LogP contribution < -0.4 is 21.3 Å². The van der Waals surface area contributed by atoms with Gasteiger partial charge in [-0.25, -0.2) is 44.9 Å². The van der Waals surface area contributed by atoms with Gasteiger partial charge < -0.3 is 9.47 Å². The van der Waals surface area contributed by atoms with Crippen molar-refractivity contribution in [1.29, 1.82) is 0 Å². The number of para-hydroxylation sites is 1. The Hall–Kier alpha value is -11.6. The lowest BCUT2D eigenvalue weighted by Gasteiger charge is -2.41. The summed E-state index contributed by atoms with van der Waals surface area (Å²) in [6.07, 6.45) is 9.21. The monoisotopic (exact) mass is 1450 g/mol. The van der Waals surface area contributed by atoms with Crippen molar-refractivity contribution < 1.29 is 0 Å². The molecule has 10 aromatic carbocycles. The zero-order valence-electron chi connectivity index (χ0n) is 67.1. The zero-order chi connectivity index (χ0) is 77.3. The van der Waals surface area contributed by atoms with E-state index in [1.54, 1.807) is 0 Å². The van der Waals surface area contributed by atoms with E-state index in [1.165, 1.54) is 55.3 Å². The molecule has 2 unspecified atom stereocenters. The van der Waals surface area contributed by atoms with Crippen LogP contribution in [-0.2, 0) is 32.5 Å². The zero-order valence-corrected chi connectivity index (χ0v) is 67.1. The first-order valence-corrected chi connectivity index (χ1v) is 39.3. The smallest absolute Gasteiger partial charge is 0.252 e. The maximum absolute atomic E-state index is 5.63. The Labute approximate surface area is 653 Å². The van der Waals surface area contributed by atoms with Crippen molar-refractivity contribution in [3.8, 4) is 108 Å². The van der Waals surface area contributed by atoms with Crippen molar-refractivity contribution in [3.63, 3.8) is 0 Å². The summed E-state index contributed by atoms with van der Waals surface area (Å²) in [7, 11) is 0. The minimum Gasteiger partial charge on any atom is -0.334 e. The summed E-state index contributed by atoms with van der Waals surface area (Å²) < 4.78 is 2.53. The molecule has 4 aliphatic rings. The Morgan fingerprint density at radius 2 is 0.631 bits per heavy atom. The van der Waals surface area contributed by atoms with E-state index in [0.717, 1.165) is 88.9 Å². The van der Waals surface area contributed by atoms with Crippen molar-refractivity contribution in [3.05, 3.63) is 270 Å². The van der Waals surface area contributed by atoms with Gasteiger partial charge in [0.1, 0.15) is 0 Å². The van der Waals surface area contributed by atoms with E-state index >= 15 is 0 Å². The summed E-state index contributed by atoms with van der Waals surface area (Å²) in [6, 6.07) is 75.5. The van der Waals surface area contributed by atoms with Gasteiger partial charge in [0, 0.05) is 83.8 Å². The van der Waals surface area contributed by atoms with E-state index in [1.807, 2.05) is 0 Å². The minimum atomic E-state index is -0.268. The Morgan fingerprint density at radius 1 is 0.306 bits per heavy atom. The molecule has 12 heteroatoms. The highest BCUT2D eigenvalue weighted by Gasteiger charge is 2.51. The topological polar surface area (TPSA) is 124 Å². The first-order valence-electron chi connectivity index (χ1n) is 39.3. The lowest BCUT2D eigenvalue weighted by Crippen LogP contribution is -2.61. The third kappa shape index (κ3) is 12.3. The van der Waals surface area contributed by atoms with Crippen molar-refractivity contribution in [2.24, 2.45) is 0 Å². The summed E-state index contributed by atoms with van der Waals surface area (Å²) in [5.41, 5.74) is 25.5. The van der Waals surface area contributed by atoms with E-state index in [4.69, 9.17) is 44.9 Å². The number of allylic oxidation sites excluding steroid dienone is 2. The molecule has 3 aliphatic heterocycles. The minimum absolute atomic E-state index is 0.0417. The van der Waals surface area contributed by atoms with Gasteiger partial charge in [-0.1, -0.05) is 337 Å². The lowest BCUT2D eigenvalue weighted by atomic mass is 9.33. The van der Waals surface area contributed by atoms with Crippen LogP contribution in [0.1, 0.15) is 169 Å². The van der Waals surface area contributed by atoms with Gasteiger partial charge in [0.05, 0.1) is 17.1 Å². The number of rotatable bonds is 9. The fourth-order valence-corrected chi connectivity index (χ4v) is 16.9. The van der Waals surface area contributed by atoms with Gasteiger partial charge in [-0.3, -0.25) is 0 Å². The standard InChI is InChI=1S/C99H94BN11/c1-94(2,3)64-39-27-57(28-40-64)85-101-86(58-29-41-65(42-30-58)95(4,5)6)105-91(104-85)63-55-78-82-79(56-63)111-77-26-22-20-24-71(77)81-73(93-108-89(61-35-47-68(48-36-61)98(13,14)15)103-90(109-93)62-37-49-69(50-38-62)99(16,17)18)52-54-75(84(81)111)100(82)74-53-51-72(80-70-23-19-21-25-76(70)110(78)83(74)80)92-106-87(59-31-43-66(44-32-59)96(7,8)9)102-88(107-92)60-33-45-67(46-34-60)97(10,11)12/h19-56,70,76H,1-18H3. The van der Waals surface area contributed by atoms with Gasteiger partial charge >= 0.3 is 0 Å². The van der Waals surface area contributed by atoms with E-state index in [2.05, 4.69) is 365 Å². The van der Waals surface area contributed by atoms with Crippen LogP contribution >= 0.6 is 0 Å². The number of nitrogens with zero attached hydrogens (tertiary/aromatic N) is 11. The fourth-order valence-electron chi connectivity index (χ4n) is 16.9. The molecule has 0 spiro atoms. The van der Waals surface area contributed by atoms with Gasteiger partial charge in [-0.2, -0.15) is 0 Å². The van der Waals surface area contributed by atoms with Gasteiger partial charge in [0.25, 0.3) is 6.71 Å². The van der Waals surface area contributed by atoms with E-state index in [0.29, 0.717) is 52.4 Å². The summed E-state index contributed by atoms with van der Waals surface area (Å²) in [6.45, 7) is 40.2. The van der Waals surface area contributed by atoms with Crippen LogP contribution in [0.3, 0.4) is 0 Å². The molecule has 548 valence electrons. The highest BCUT2D eigenvalue weighted by molar-refractivity contribution is 7.00. The molecular formula is C99H94BN11. The maximum atomic E-state index is 5.63. The van der Waals surface area contributed by atoms with Gasteiger partial charge in [0.2, 0.25) is 0 Å². The van der Waals surface area contributed by atoms with Crippen molar-refractivity contribution in [1.82, 2.24) is 49.4 Å². The first-order chi connectivity index (χ1) is 52.8. The number of aromatic nitrogens is 10. The van der Waals surface area contributed by atoms with E-state index in [9.17, 15) is 0 Å². The Kier molecular flexibility index (Phi) is 16.3. The predicted molar refractivity (Wildman–Crippen MR) is 460 cm³/mol. The van der Waals surface area contributed by atoms with Crippen LogP contribution in [0.5, 0.6) is 0 Å². The number of hydrogen-bond donors (Lipinski definition) is 0. The molecule has 7 heterocycles. The molecule has 0 saturated carbocycles. The number of fused-ring (bicyclic) bond motifs is 10. The summed E-state index contributed by atoms with van der Waals surface area (Å²) in [5, 5.41) is 2.14. The molecule has 1 aliphatic carbocycles. The second-order valence-electron chi connectivity index (χ2n) is 37.1. The molecule has 11 nitrogen and oxygen atoms in total. The largest absolute Gasteiger partial charge is 0.334 e. The fraction of sp³-hybridized carbons (Fsp3) is 0.263. The van der Waals surface area contributed by atoms with Crippen LogP contribution in [0.25, 0.3) is 130 Å². The number of anilines is 2. The SMILES string of the molecule is CC(C)(C)c1ccc(-c2nc(-c3ccc(C(C)(C)C)cc3)nc(-c3cc4c5c(c3)-n3c6ccccc6c6c(-c7nc(-c8ccc(C(C)(C)C)cc8)nc(-c8ccc(C(C)(C)C)cc8)n7)ccc(c63)B5c3ccc(-c5nc(-c6ccc(C(C)(C)C)cc6)nc(-c6ccc(C(C)(C)C)cc6)n5)c5c3N4C3C=CC=CC53)n2)cc1. The van der Waals surface area contributed by atoms with Crippen LogP contribution in [-0.4, -0.2) is 62.2 Å². The Morgan fingerprint density at radius 3 is 1.02 bits per heavy atom. The highest BCUT2D eigenvalue weighted by atomic mass is 15.2. The predicted octanol–water partition coefficient (Wildman–Crippen LogP) is 22.0. The van der Waals surface area contributed by atoms with Gasteiger partial charge in [-0.05, 0) is 106 Å². The second kappa shape index (κ2) is 25.5. The quantitative estimate of drug-likeness (QED) is 0.129. The Balaban J connectivity index is 0.916. The molecule has 0 amide bonds. The third-order valence-electron chi connectivity index (χ3n) is 23.3. The molecule has 18 rings (SSSR count). The molecular weight excluding hydrogens is 1350 g/mol. The van der Waals surface area contributed by atoms with Crippen molar-refractivity contribution in [2.75, 3.05) is 4.90 Å². The van der Waals surface area contributed by atoms with Gasteiger partial charge in [-0.15, -0.1) is 0 Å². The van der Waals surface area contributed by atoms with Gasteiger partial charge in [0.15, 0.2) is 52.4 Å². The molecule has 0 bridgehead atoms. The second-order valence-corrected chi connectivity index (χ2v) is 37.1.